The van der Waals surface area contributed by atoms with Gasteiger partial charge in [0.1, 0.15) is 0 Å². The Kier molecular flexibility index (Phi) is 7.03. The van der Waals surface area contributed by atoms with Gasteiger partial charge in [-0.15, -0.1) is 0 Å². The molecule has 0 aliphatic carbocycles. The largest absolute Gasteiger partial charge is 0.463 e. The predicted molar refractivity (Wildman–Crippen MR) is 116 cm³/mol. The van der Waals surface area contributed by atoms with E-state index in [0.29, 0.717) is 5.56 Å². The lowest BCUT2D eigenvalue weighted by Crippen LogP contribution is -2.32. The minimum atomic E-state index is -0.710. The maximum Gasteiger partial charge on any atom is 0.336 e. The molecule has 0 spiro atoms. The summed E-state index contributed by atoms with van der Waals surface area (Å²) in [5, 5.41) is 0. The van der Waals surface area contributed by atoms with Crippen LogP contribution in [0, 0.1) is 6.92 Å². The molecule has 0 saturated heterocycles. The summed E-state index contributed by atoms with van der Waals surface area (Å²) in [5.41, 5.74) is 2.54. The molecule has 0 aromatic heterocycles. The third-order valence-electron chi connectivity index (χ3n) is 4.83. The highest BCUT2D eigenvalue weighted by Gasteiger charge is 2.37. The van der Waals surface area contributed by atoms with Crippen LogP contribution in [0.1, 0.15) is 41.3 Å². The summed E-state index contributed by atoms with van der Waals surface area (Å²) in [6, 6.07) is 16.2. The Hall–Kier alpha value is -3.67. The zero-order valence-electron chi connectivity index (χ0n) is 17.8. The molecule has 160 valence electrons. The lowest BCUT2D eigenvalue weighted by Gasteiger charge is -2.29. The first-order valence-corrected chi connectivity index (χ1v) is 10.2. The molecule has 0 radical (unpaired) electrons. The second-order valence-electron chi connectivity index (χ2n) is 7.04. The monoisotopic (exact) mass is 419 g/mol. The molecule has 1 aliphatic rings. The van der Waals surface area contributed by atoms with Crippen molar-refractivity contribution >= 4 is 17.8 Å². The summed E-state index contributed by atoms with van der Waals surface area (Å²) >= 11 is 0. The van der Waals surface area contributed by atoms with Gasteiger partial charge in [0.15, 0.2) is 0 Å². The fourth-order valence-corrected chi connectivity index (χ4v) is 3.48. The summed E-state index contributed by atoms with van der Waals surface area (Å²) in [5.74, 6) is -2.26. The molecule has 0 atom stereocenters. The van der Waals surface area contributed by atoms with Crippen LogP contribution in [0.5, 0.6) is 0 Å². The molecule has 31 heavy (non-hydrogen) atoms. The van der Waals surface area contributed by atoms with E-state index in [2.05, 4.69) is 0 Å². The summed E-state index contributed by atoms with van der Waals surface area (Å²) in [4.78, 5) is 40.1. The van der Waals surface area contributed by atoms with Crippen LogP contribution >= 0.6 is 0 Å². The second-order valence-corrected chi connectivity index (χ2v) is 7.04. The molecular formula is C25H25NO5. The Morgan fingerprint density at radius 2 is 1.42 bits per heavy atom. The van der Waals surface area contributed by atoms with Crippen molar-refractivity contribution in [2.45, 2.75) is 26.7 Å². The molecule has 0 saturated carbocycles. The van der Waals surface area contributed by atoms with Gasteiger partial charge in [0.2, 0.25) is 0 Å². The Morgan fingerprint density at radius 3 is 1.94 bits per heavy atom. The first-order chi connectivity index (χ1) is 15.0. The number of amides is 1. The van der Waals surface area contributed by atoms with E-state index >= 15 is 0 Å². The van der Waals surface area contributed by atoms with Gasteiger partial charge >= 0.3 is 11.9 Å². The molecule has 6 heteroatoms. The summed E-state index contributed by atoms with van der Waals surface area (Å²) < 4.78 is 10.5. The van der Waals surface area contributed by atoms with Crippen molar-refractivity contribution in [3.8, 4) is 0 Å². The molecule has 2 aromatic carbocycles. The first kappa shape index (κ1) is 22.0. The van der Waals surface area contributed by atoms with Gasteiger partial charge in [0, 0.05) is 18.0 Å². The first-order valence-electron chi connectivity index (χ1n) is 10.2. The minimum Gasteiger partial charge on any atom is -0.463 e. The van der Waals surface area contributed by atoms with Crippen LogP contribution in [0.3, 0.4) is 0 Å². The number of esters is 2. The third kappa shape index (κ3) is 4.91. The topological polar surface area (TPSA) is 72.9 Å². The standard InChI is InChI=1S/C25H25NO5/c1-4-30-24(28)20-15-26(23(27)18-11-7-6-8-12-18)16-21(25(29)31-5-2)22(20)19-13-9-10-17(3)14-19/h6-16,22H,4-5H2,1-3H3. The van der Waals surface area contributed by atoms with Gasteiger partial charge in [-0.05, 0) is 38.5 Å². The Bertz CT molecular complexity index is 1000. The normalized spacial score (nSPS) is 13.8. The smallest absolute Gasteiger partial charge is 0.336 e. The molecule has 6 nitrogen and oxygen atoms in total. The molecule has 0 bridgehead atoms. The van der Waals surface area contributed by atoms with Crippen LogP contribution in [0.2, 0.25) is 0 Å². The highest BCUT2D eigenvalue weighted by Crippen LogP contribution is 2.37. The molecule has 1 amide bonds. The van der Waals surface area contributed by atoms with E-state index in [1.165, 1.54) is 17.3 Å². The van der Waals surface area contributed by atoms with E-state index in [0.717, 1.165) is 11.1 Å². The summed E-state index contributed by atoms with van der Waals surface area (Å²) in [7, 11) is 0. The fraction of sp³-hybridized carbons (Fsp3) is 0.240. The van der Waals surface area contributed by atoms with Gasteiger partial charge in [-0.2, -0.15) is 0 Å². The van der Waals surface area contributed by atoms with Crippen LogP contribution < -0.4 is 0 Å². The van der Waals surface area contributed by atoms with Crippen molar-refractivity contribution in [1.29, 1.82) is 0 Å². The zero-order valence-corrected chi connectivity index (χ0v) is 17.8. The van der Waals surface area contributed by atoms with Crippen molar-refractivity contribution in [3.05, 3.63) is 94.8 Å². The number of carbonyl (C=O) groups excluding carboxylic acids is 3. The van der Waals surface area contributed by atoms with Crippen molar-refractivity contribution in [1.82, 2.24) is 4.90 Å². The number of carbonyl (C=O) groups is 3. The zero-order chi connectivity index (χ0) is 22.4. The second kappa shape index (κ2) is 9.89. The van der Waals surface area contributed by atoms with Crippen molar-refractivity contribution in [3.63, 3.8) is 0 Å². The number of ether oxygens (including phenoxy) is 2. The van der Waals surface area contributed by atoms with E-state index in [1.54, 1.807) is 44.2 Å². The van der Waals surface area contributed by atoms with E-state index in [9.17, 15) is 14.4 Å². The highest BCUT2D eigenvalue weighted by atomic mass is 16.5. The number of hydrogen-bond acceptors (Lipinski definition) is 5. The molecular weight excluding hydrogens is 394 g/mol. The lowest BCUT2D eigenvalue weighted by molar-refractivity contribution is -0.139. The molecule has 2 aromatic rings. The van der Waals surface area contributed by atoms with E-state index in [-0.39, 0.29) is 30.3 Å². The van der Waals surface area contributed by atoms with Crippen LogP contribution in [-0.2, 0) is 19.1 Å². The fourth-order valence-electron chi connectivity index (χ4n) is 3.48. The average Bonchev–Trinajstić information content (AvgIpc) is 2.78. The van der Waals surface area contributed by atoms with Crippen LogP contribution in [0.25, 0.3) is 0 Å². The SMILES string of the molecule is CCOC(=O)C1=CN(C(=O)c2ccccc2)C=C(C(=O)OCC)C1c1cccc(C)c1. The number of rotatable bonds is 6. The molecule has 0 fully saturated rings. The van der Waals surface area contributed by atoms with Crippen molar-refractivity contribution < 1.29 is 23.9 Å². The van der Waals surface area contributed by atoms with Gasteiger partial charge in [-0.1, -0.05) is 48.0 Å². The average molecular weight is 419 g/mol. The maximum absolute atomic E-state index is 13.1. The molecule has 0 unspecified atom stereocenters. The third-order valence-corrected chi connectivity index (χ3v) is 4.83. The van der Waals surface area contributed by atoms with Gasteiger partial charge < -0.3 is 9.47 Å². The summed E-state index contributed by atoms with van der Waals surface area (Å²) in [6.45, 7) is 5.68. The predicted octanol–water partition coefficient (Wildman–Crippen LogP) is 4.13. The lowest BCUT2D eigenvalue weighted by atomic mass is 9.82. The molecule has 1 aliphatic heterocycles. The Balaban J connectivity index is 2.15. The van der Waals surface area contributed by atoms with Gasteiger partial charge in [0.05, 0.1) is 30.3 Å². The molecule has 3 rings (SSSR count). The Morgan fingerprint density at radius 1 is 0.839 bits per heavy atom. The van der Waals surface area contributed by atoms with Crippen LogP contribution in [0.4, 0.5) is 0 Å². The van der Waals surface area contributed by atoms with Crippen molar-refractivity contribution in [2.75, 3.05) is 13.2 Å². The van der Waals surface area contributed by atoms with Gasteiger partial charge in [-0.25, -0.2) is 9.59 Å². The summed E-state index contributed by atoms with van der Waals surface area (Å²) in [6.07, 6.45) is 2.89. The maximum atomic E-state index is 13.1. The van der Waals surface area contributed by atoms with Gasteiger partial charge in [0.25, 0.3) is 5.91 Å². The van der Waals surface area contributed by atoms with E-state index < -0.39 is 17.9 Å². The number of aryl methyl sites for hydroxylation is 1. The van der Waals surface area contributed by atoms with Crippen molar-refractivity contribution in [2.24, 2.45) is 0 Å². The van der Waals surface area contributed by atoms with Crippen LogP contribution in [0.15, 0.2) is 78.1 Å². The number of nitrogens with zero attached hydrogens (tertiary/aromatic N) is 1. The Labute approximate surface area is 181 Å². The van der Waals surface area contributed by atoms with E-state index in [4.69, 9.17) is 9.47 Å². The highest BCUT2D eigenvalue weighted by molar-refractivity contribution is 6.02. The van der Waals surface area contributed by atoms with E-state index in [1.807, 2.05) is 31.2 Å². The molecule has 0 N–H and O–H groups in total. The minimum absolute atomic E-state index is 0.168. The quantitative estimate of drug-likeness (QED) is 0.659. The van der Waals surface area contributed by atoms with Gasteiger partial charge in [-0.3, -0.25) is 9.69 Å². The molecule has 1 heterocycles. The number of hydrogen-bond donors (Lipinski definition) is 0. The van der Waals surface area contributed by atoms with Crippen LogP contribution in [-0.4, -0.2) is 36.0 Å². The number of benzene rings is 2.